The lowest BCUT2D eigenvalue weighted by atomic mass is 9.93. The fourth-order valence-corrected chi connectivity index (χ4v) is 5.19. The van der Waals surface area contributed by atoms with Crippen LogP contribution in [0.1, 0.15) is 34.1 Å². The Morgan fingerprint density at radius 3 is 2.65 bits per heavy atom. The first-order valence-corrected chi connectivity index (χ1v) is 12.1. The molecule has 1 aliphatic rings. The van der Waals surface area contributed by atoms with E-state index in [2.05, 4.69) is 5.32 Å². The highest BCUT2D eigenvalue weighted by Crippen LogP contribution is 2.36. The molecule has 3 heterocycles. The van der Waals surface area contributed by atoms with Crippen LogP contribution in [0.2, 0.25) is 0 Å². The highest BCUT2D eigenvalue weighted by atomic mass is 32.1. The van der Waals surface area contributed by atoms with Crippen molar-refractivity contribution < 1.29 is 9.59 Å². The predicted octanol–water partition coefficient (Wildman–Crippen LogP) is 4.96. The molecule has 0 saturated carbocycles. The number of nitrogens with one attached hydrogen (secondary N) is 1. The lowest BCUT2D eigenvalue weighted by Crippen LogP contribution is -2.64. The minimum atomic E-state index is -1.15. The van der Waals surface area contributed by atoms with Gasteiger partial charge in [0.1, 0.15) is 16.9 Å². The summed E-state index contributed by atoms with van der Waals surface area (Å²) in [5.74, 6) is -0.450. The van der Waals surface area contributed by atoms with Gasteiger partial charge < -0.3 is 5.32 Å². The van der Waals surface area contributed by atoms with Crippen LogP contribution in [0.15, 0.2) is 72.1 Å². The molecule has 4 aromatic rings. The number of benzene rings is 2. The van der Waals surface area contributed by atoms with E-state index in [1.54, 1.807) is 20.9 Å². The zero-order chi connectivity index (χ0) is 23.9. The molecule has 1 N–H and O–H groups in total. The number of anilines is 1. The van der Waals surface area contributed by atoms with Gasteiger partial charge in [-0.2, -0.15) is 5.10 Å². The zero-order valence-corrected chi connectivity index (χ0v) is 20.2. The number of fused-ring (bicyclic) bond motifs is 1. The summed E-state index contributed by atoms with van der Waals surface area (Å²) in [4.78, 5) is 30.2. The van der Waals surface area contributed by atoms with Crippen molar-refractivity contribution in [1.82, 2.24) is 15.1 Å². The number of aryl methyl sites for hydroxylation is 2. The second-order valence-corrected chi connectivity index (χ2v) is 9.87. The van der Waals surface area contributed by atoms with Gasteiger partial charge in [0, 0.05) is 12.2 Å². The maximum absolute atomic E-state index is 13.9. The summed E-state index contributed by atoms with van der Waals surface area (Å²) >= 11 is 1.57. The quantitative estimate of drug-likeness (QED) is 0.448. The number of carbonyl (C=O) groups excluding carboxylic acids is 2. The number of thiophene rings is 1. The molecule has 2 aromatic heterocycles. The van der Waals surface area contributed by atoms with Gasteiger partial charge in [-0.25, -0.2) is 0 Å². The Morgan fingerprint density at radius 1 is 1.09 bits per heavy atom. The summed E-state index contributed by atoms with van der Waals surface area (Å²) in [7, 11) is 0. The third kappa shape index (κ3) is 3.82. The number of nitrogens with zero attached hydrogens (tertiary/aromatic N) is 3. The smallest absolute Gasteiger partial charge is 0.277 e. The standard InChI is InChI=1S/C27H26N4O2S/c1-18-8-6-10-20(14-18)16-28-26(33)27(3)17-30-23(15-21(29-30)24-12-7-13-34-24)25(32)31(27)22-11-5-4-9-19(22)2/h4-15H,16-17H2,1-3H3,(H,28,33)/t27-/m0/s1. The molecule has 2 aromatic carbocycles. The lowest BCUT2D eigenvalue weighted by Gasteiger charge is -2.43. The molecule has 1 atom stereocenters. The third-order valence-corrected chi connectivity index (χ3v) is 7.20. The average Bonchev–Trinajstić information content (AvgIpc) is 3.49. The van der Waals surface area contributed by atoms with Gasteiger partial charge in [0.25, 0.3) is 5.91 Å². The molecule has 0 aliphatic carbocycles. The van der Waals surface area contributed by atoms with Crippen LogP contribution in [-0.4, -0.2) is 27.1 Å². The molecule has 1 aliphatic heterocycles. The van der Waals surface area contributed by atoms with Crippen molar-refractivity contribution in [2.45, 2.75) is 39.4 Å². The SMILES string of the molecule is Cc1cccc(CNC(=O)[C@]2(C)Cn3nc(-c4cccs4)cc3C(=O)N2c2ccccc2C)c1. The van der Waals surface area contributed by atoms with Gasteiger partial charge >= 0.3 is 0 Å². The topological polar surface area (TPSA) is 67.2 Å². The Hall–Kier alpha value is -3.71. The molecule has 0 spiro atoms. The molecule has 0 fully saturated rings. The second kappa shape index (κ2) is 8.57. The van der Waals surface area contributed by atoms with Crippen molar-refractivity contribution in [3.63, 3.8) is 0 Å². The molecular weight excluding hydrogens is 444 g/mol. The van der Waals surface area contributed by atoms with Crippen molar-refractivity contribution in [3.8, 4) is 10.6 Å². The summed E-state index contributed by atoms with van der Waals surface area (Å²) in [6.45, 7) is 6.44. The first-order valence-electron chi connectivity index (χ1n) is 11.2. The van der Waals surface area contributed by atoms with Crippen LogP contribution in [0.4, 0.5) is 5.69 Å². The van der Waals surface area contributed by atoms with Crippen molar-refractivity contribution in [1.29, 1.82) is 0 Å². The maximum Gasteiger partial charge on any atom is 0.277 e. The first kappa shape index (κ1) is 22.1. The highest BCUT2D eigenvalue weighted by Gasteiger charge is 2.49. The summed E-state index contributed by atoms with van der Waals surface area (Å²) in [6, 6.07) is 21.5. The Balaban J connectivity index is 1.55. The number of rotatable bonds is 5. The van der Waals surface area contributed by atoms with E-state index in [0.29, 0.717) is 12.2 Å². The maximum atomic E-state index is 13.9. The summed E-state index contributed by atoms with van der Waals surface area (Å²) in [5.41, 5.74) is 3.88. The van der Waals surface area contributed by atoms with E-state index in [-0.39, 0.29) is 18.4 Å². The van der Waals surface area contributed by atoms with Crippen molar-refractivity contribution in [2.75, 3.05) is 4.90 Å². The van der Waals surface area contributed by atoms with Gasteiger partial charge in [-0.1, -0.05) is 54.1 Å². The minimum absolute atomic E-state index is 0.218. The van der Waals surface area contributed by atoms with E-state index in [1.165, 1.54) is 0 Å². The van der Waals surface area contributed by atoms with E-state index in [9.17, 15) is 9.59 Å². The number of hydrogen-bond donors (Lipinski definition) is 1. The van der Waals surface area contributed by atoms with Crippen LogP contribution < -0.4 is 10.2 Å². The Kier molecular flexibility index (Phi) is 5.57. The van der Waals surface area contributed by atoms with Crippen LogP contribution in [0.3, 0.4) is 0 Å². The fraction of sp³-hybridized carbons (Fsp3) is 0.222. The molecule has 6 nitrogen and oxygen atoms in total. The normalized spacial score (nSPS) is 17.5. The Bertz CT molecular complexity index is 1380. The van der Waals surface area contributed by atoms with Crippen LogP contribution in [0.5, 0.6) is 0 Å². The van der Waals surface area contributed by atoms with Gasteiger partial charge in [0.15, 0.2) is 0 Å². The van der Waals surface area contributed by atoms with Gasteiger partial charge in [-0.15, -0.1) is 11.3 Å². The number of amides is 2. The lowest BCUT2D eigenvalue weighted by molar-refractivity contribution is -0.126. The van der Waals surface area contributed by atoms with Gasteiger partial charge in [-0.3, -0.25) is 19.2 Å². The van der Waals surface area contributed by atoms with E-state index in [4.69, 9.17) is 5.10 Å². The monoisotopic (exact) mass is 470 g/mol. The second-order valence-electron chi connectivity index (χ2n) is 8.92. The number of carbonyl (C=O) groups is 2. The van der Waals surface area contributed by atoms with Crippen LogP contribution in [-0.2, 0) is 17.9 Å². The molecule has 0 unspecified atom stereocenters. The first-order chi connectivity index (χ1) is 16.4. The van der Waals surface area contributed by atoms with Gasteiger partial charge in [-0.05, 0) is 55.5 Å². The third-order valence-electron chi connectivity index (χ3n) is 6.31. The largest absolute Gasteiger partial charge is 0.350 e. The van der Waals surface area contributed by atoms with Crippen molar-refractivity contribution in [3.05, 3.63) is 94.5 Å². The molecular formula is C27H26N4O2S. The molecule has 7 heteroatoms. The van der Waals surface area contributed by atoms with E-state index in [0.717, 1.165) is 32.9 Å². The molecule has 0 bridgehead atoms. The van der Waals surface area contributed by atoms with Crippen LogP contribution >= 0.6 is 11.3 Å². The van der Waals surface area contributed by atoms with Crippen LogP contribution in [0.25, 0.3) is 10.6 Å². The van der Waals surface area contributed by atoms with E-state index in [1.807, 2.05) is 92.9 Å². The van der Waals surface area contributed by atoms with Gasteiger partial charge in [0.2, 0.25) is 5.91 Å². The highest BCUT2D eigenvalue weighted by molar-refractivity contribution is 7.13. The Labute approximate surface area is 202 Å². The van der Waals surface area contributed by atoms with Crippen molar-refractivity contribution >= 4 is 28.8 Å². The average molecular weight is 471 g/mol. The predicted molar refractivity (Wildman–Crippen MR) is 135 cm³/mol. The summed E-state index contributed by atoms with van der Waals surface area (Å²) < 4.78 is 1.68. The fourth-order valence-electron chi connectivity index (χ4n) is 4.51. The minimum Gasteiger partial charge on any atom is -0.350 e. The number of hydrogen-bond acceptors (Lipinski definition) is 4. The van der Waals surface area contributed by atoms with Crippen molar-refractivity contribution in [2.24, 2.45) is 0 Å². The van der Waals surface area contributed by atoms with Gasteiger partial charge in [0.05, 0.1) is 11.4 Å². The zero-order valence-electron chi connectivity index (χ0n) is 19.4. The molecule has 172 valence electrons. The number of para-hydroxylation sites is 1. The molecule has 34 heavy (non-hydrogen) atoms. The molecule has 5 rings (SSSR count). The summed E-state index contributed by atoms with van der Waals surface area (Å²) in [6.07, 6.45) is 0. The van der Waals surface area contributed by atoms with Crippen LogP contribution in [0, 0.1) is 13.8 Å². The molecule has 2 amide bonds. The summed E-state index contributed by atoms with van der Waals surface area (Å²) in [5, 5.41) is 9.76. The van der Waals surface area contributed by atoms with E-state index >= 15 is 0 Å². The van der Waals surface area contributed by atoms with E-state index < -0.39 is 5.54 Å². The molecule has 0 saturated heterocycles. The number of aromatic nitrogens is 2. The Morgan fingerprint density at radius 2 is 1.91 bits per heavy atom. The molecule has 0 radical (unpaired) electrons.